The highest BCUT2D eigenvalue weighted by atomic mass is 16.4. The highest BCUT2D eigenvalue weighted by Crippen LogP contribution is 2.13. The summed E-state index contributed by atoms with van der Waals surface area (Å²) < 4.78 is 0. The number of carbonyl (C=O) groups is 11. The van der Waals surface area contributed by atoms with Gasteiger partial charge in [-0.25, -0.2) is 4.79 Å². The predicted molar refractivity (Wildman–Crippen MR) is 194 cm³/mol. The molecule has 0 saturated carbocycles. The molecule has 1 saturated heterocycles. The minimum Gasteiger partial charge on any atom is -0.481 e. The van der Waals surface area contributed by atoms with Crippen LogP contribution in [0, 0.1) is 11.8 Å². The quantitative estimate of drug-likeness (QED) is 0.0403. The first kappa shape index (κ1) is 49.1. The molecule has 0 aliphatic carbocycles. The lowest BCUT2D eigenvalue weighted by atomic mass is 9.96. The highest BCUT2D eigenvalue weighted by Gasteiger charge is 2.37. The summed E-state index contributed by atoms with van der Waals surface area (Å²) in [7, 11) is 0. The van der Waals surface area contributed by atoms with E-state index < -0.39 is 151 Å². The van der Waals surface area contributed by atoms with Gasteiger partial charge in [-0.15, -0.1) is 0 Å². The second-order valence-electron chi connectivity index (χ2n) is 13.8. The monoisotopic (exact) mass is 814 g/mol. The molecule has 0 aromatic heterocycles. The van der Waals surface area contributed by atoms with Crippen LogP contribution in [0.1, 0.15) is 85.5 Å². The number of rotatable bonds is 26. The summed E-state index contributed by atoms with van der Waals surface area (Å²) in [6.45, 7) is 6.77. The summed E-state index contributed by atoms with van der Waals surface area (Å²) in [4.78, 5) is 138. The fourth-order valence-electron chi connectivity index (χ4n) is 5.59. The minimum atomic E-state index is -1.98. The predicted octanol–water partition coefficient (Wildman–Crippen LogP) is -3.49. The van der Waals surface area contributed by atoms with Gasteiger partial charge in [-0.05, 0) is 37.6 Å². The number of amides is 7. The van der Waals surface area contributed by atoms with E-state index in [0.717, 1.165) is 0 Å². The van der Waals surface area contributed by atoms with Gasteiger partial charge in [0.25, 0.3) is 0 Å². The van der Waals surface area contributed by atoms with E-state index in [-0.39, 0.29) is 6.42 Å². The van der Waals surface area contributed by atoms with E-state index in [9.17, 15) is 73.2 Å². The molecule has 9 unspecified atom stereocenters. The zero-order valence-corrected chi connectivity index (χ0v) is 32.1. The molecule has 0 aromatic carbocycles. The molecule has 320 valence electrons. The summed E-state index contributed by atoms with van der Waals surface area (Å²) in [6.07, 6.45) is -2.35. The van der Waals surface area contributed by atoms with E-state index in [1.807, 2.05) is 5.32 Å². The van der Waals surface area contributed by atoms with Crippen LogP contribution in [-0.2, 0) is 52.7 Å². The number of hydrogen-bond acceptors (Lipinski definition) is 12. The third-order valence-corrected chi connectivity index (χ3v) is 9.29. The first-order chi connectivity index (χ1) is 26.6. The van der Waals surface area contributed by atoms with Crippen molar-refractivity contribution in [2.45, 2.75) is 128 Å². The van der Waals surface area contributed by atoms with E-state index in [4.69, 9.17) is 5.73 Å². The van der Waals surface area contributed by atoms with Crippen molar-refractivity contribution in [3.63, 3.8) is 0 Å². The molecule has 9 atom stereocenters. The summed E-state index contributed by atoms with van der Waals surface area (Å²) >= 11 is 0. The number of hydrogen-bond donors (Lipinski definition) is 12. The summed E-state index contributed by atoms with van der Waals surface area (Å²) in [5.74, 6) is -15.0. The first-order valence-electron chi connectivity index (χ1n) is 18.3. The number of nitrogens with two attached hydrogens (primary N) is 1. The van der Waals surface area contributed by atoms with Crippen LogP contribution in [0.2, 0.25) is 0 Å². The SMILES string of the molecule is CCC(C)C(NC(=O)C(CC(=O)O)NC(=O)C(CC(=O)O)NC(=O)C(NC(=O)C(CC(N)=O)NC(=O)C(CCC(=O)O)NC(=O)C1CCCN1)C(C)CC)C(=O)O. The fourth-order valence-corrected chi connectivity index (χ4v) is 5.59. The van der Waals surface area contributed by atoms with Crippen LogP contribution in [-0.4, -0.2) is 134 Å². The lowest BCUT2D eigenvalue weighted by Gasteiger charge is -2.29. The molecule has 57 heavy (non-hydrogen) atoms. The maximum Gasteiger partial charge on any atom is 0.326 e. The molecular weight excluding hydrogens is 760 g/mol. The maximum absolute atomic E-state index is 13.6. The second kappa shape index (κ2) is 23.9. The zero-order chi connectivity index (χ0) is 43.6. The Balaban J connectivity index is 3.33. The van der Waals surface area contributed by atoms with Crippen molar-refractivity contribution in [2.75, 3.05) is 6.54 Å². The molecule has 23 heteroatoms. The Hall–Kier alpha value is -5.87. The fraction of sp³-hybridized carbons (Fsp3) is 0.676. The standard InChI is InChI=1S/C34H54N8O15/c1-5-15(3)26(41-31(53)19(12-22(35)43)38-29(51)18(9-10-23(44)45)37-28(50)17-8-7-11-36-17)33(55)40-20(13-24(46)47)30(52)39-21(14-25(48)49)32(54)42-27(34(56)57)16(4)6-2/h15-21,26-27,36H,5-14H2,1-4H3,(H2,35,43)(H,37,50)(H,38,51)(H,39,52)(H,40,55)(H,41,53)(H,42,54)(H,44,45)(H,46,47)(H,48,49)(H,56,57). The molecular formula is C34H54N8O15. The average molecular weight is 815 g/mol. The Bertz CT molecular complexity index is 1520. The third-order valence-electron chi connectivity index (χ3n) is 9.29. The van der Waals surface area contributed by atoms with Crippen LogP contribution in [0.3, 0.4) is 0 Å². The number of nitrogens with one attached hydrogen (secondary N) is 7. The molecule has 1 rings (SSSR count). The van der Waals surface area contributed by atoms with Crippen molar-refractivity contribution in [3.05, 3.63) is 0 Å². The van der Waals surface area contributed by atoms with Crippen LogP contribution in [0.25, 0.3) is 0 Å². The smallest absolute Gasteiger partial charge is 0.326 e. The van der Waals surface area contributed by atoms with Crippen LogP contribution in [0.4, 0.5) is 0 Å². The molecule has 1 aliphatic heterocycles. The van der Waals surface area contributed by atoms with Crippen molar-refractivity contribution in [2.24, 2.45) is 17.6 Å². The van der Waals surface area contributed by atoms with E-state index >= 15 is 0 Å². The zero-order valence-electron chi connectivity index (χ0n) is 32.1. The van der Waals surface area contributed by atoms with Gasteiger partial charge in [0.1, 0.15) is 36.3 Å². The van der Waals surface area contributed by atoms with Crippen molar-refractivity contribution < 1.29 is 73.2 Å². The highest BCUT2D eigenvalue weighted by molar-refractivity contribution is 5.99. The van der Waals surface area contributed by atoms with Crippen LogP contribution >= 0.6 is 0 Å². The second-order valence-corrected chi connectivity index (χ2v) is 13.8. The molecule has 7 amide bonds. The van der Waals surface area contributed by atoms with Gasteiger partial charge in [-0.3, -0.25) is 47.9 Å². The summed E-state index contributed by atoms with van der Waals surface area (Å²) in [5.41, 5.74) is 5.32. The molecule has 23 nitrogen and oxygen atoms in total. The van der Waals surface area contributed by atoms with Gasteiger partial charge < -0.3 is 63.4 Å². The van der Waals surface area contributed by atoms with Crippen molar-refractivity contribution in [1.82, 2.24) is 37.2 Å². The Kier molecular flexibility index (Phi) is 20.6. The number of carbonyl (C=O) groups excluding carboxylic acids is 7. The lowest BCUT2D eigenvalue weighted by molar-refractivity contribution is -0.145. The van der Waals surface area contributed by atoms with Gasteiger partial charge in [0.2, 0.25) is 41.4 Å². The van der Waals surface area contributed by atoms with E-state index in [0.29, 0.717) is 25.8 Å². The molecule has 1 fully saturated rings. The van der Waals surface area contributed by atoms with E-state index in [1.165, 1.54) is 13.8 Å². The molecule has 1 heterocycles. The Morgan fingerprint density at radius 2 is 1.04 bits per heavy atom. The summed E-state index contributed by atoms with van der Waals surface area (Å²) in [6, 6.07) is -10.9. The van der Waals surface area contributed by atoms with Crippen LogP contribution in [0.5, 0.6) is 0 Å². The Morgan fingerprint density at radius 1 is 0.596 bits per heavy atom. The first-order valence-corrected chi connectivity index (χ1v) is 18.3. The molecule has 0 spiro atoms. The van der Waals surface area contributed by atoms with E-state index in [2.05, 4.69) is 31.9 Å². The number of carboxylic acid groups (broad SMARTS) is 4. The van der Waals surface area contributed by atoms with Crippen molar-refractivity contribution in [3.8, 4) is 0 Å². The van der Waals surface area contributed by atoms with Crippen molar-refractivity contribution in [1.29, 1.82) is 0 Å². The topological polar surface area (TPSA) is 379 Å². The van der Waals surface area contributed by atoms with Gasteiger partial charge in [0.15, 0.2) is 0 Å². The van der Waals surface area contributed by atoms with Crippen LogP contribution < -0.4 is 43.0 Å². The van der Waals surface area contributed by atoms with Crippen LogP contribution in [0.15, 0.2) is 0 Å². The lowest BCUT2D eigenvalue weighted by Crippen LogP contribution is -2.61. The average Bonchev–Trinajstić information content (AvgIpc) is 3.67. The largest absolute Gasteiger partial charge is 0.481 e. The minimum absolute atomic E-state index is 0.182. The third kappa shape index (κ3) is 17.2. The van der Waals surface area contributed by atoms with Gasteiger partial charge in [-0.2, -0.15) is 0 Å². The molecule has 0 aromatic rings. The van der Waals surface area contributed by atoms with Gasteiger partial charge in [0, 0.05) is 6.42 Å². The van der Waals surface area contributed by atoms with E-state index in [1.54, 1.807) is 13.8 Å². The van der Waals surface area contributed by atoms with Gasteiger partial charge in [-0.1, -0.05) is 40.5 Å². The number of aliphatic carboxylic acids is 4. The molecule has 0 bridgehead atoms. The van der Waals surface area contributed by atoms with Crippen molar-refractivity contribution >= 4 is 65.2 Å². The number of primary amides is 1. The van der Waals surface area contributed by atoms with Gasteiger partial charge in [0.05, 0.1) is 25.3 Å². The van der Waals surface area contributed by atoms with Gasteiger partial charge >= 0.3 is 23.9 Å². The number of carboxylic acids is 4. The molecule has 13 N–H and O–H groups in total. The summed E-state index contributed by atoms with van der Waals surface area (Å²) in [5, 5.41) is 54.0. The molecule has 1 aliphatic rings. The maximum atomic E-state index is 13.6. The Morgan fingerprint density at radius 3 is 1.46 bits per heavy atom. The molecule has 0 radical (unpaired) electrons. The normalized spacial score (nSPS) is 17.7. The Labute approximate surface area is 327 Å².